The van der Waals surface area contributed by atoms with Crippen LogP contribution in [-0.4, -0.2) is 81.8 Å². The lowest BCUT2D eigenvalue weighted by molar-refractivity contribution is -0.150. The van der Waals surface area contributed by atoms with Crippen molar-refractivity contribution in [3.05, 3.63) is 128 Å². The molecule has 8 unspecified atom stereocenters. The Morgan fingerprint density at radius 3 is 1.46 bits per heavy atom. The fourth-order valence-electron chi connectivity index (χ4n) is 14.3. The topological polar surface area (TPSA) is 151 Å². The molecule has 7 rings (SSSR count). The third-order valence-electron chi connectivity index (χ3n) is 19.8. The lowest BCUT2D eigenvalue weighted by Gasteiger charge is -2.61. The van der Waals surface area contributed by atoms with E-state index in [2.05, 4.69) is 79.5 Å². The third-order valence-corrected chi connectivity index (χ3v) is 19.8. The quantitative estimate of drug-likeness (QED) is 0.0176. The summed E-state index contributed by atoms with van der Waals surface area (Å²) >= 11 is 0. The van der Waals surface area contributed by atoms with Crippen LogP contribution in [0, 0.1) is 52.3 Å². The Bertz CT molecular complexity index is 2680. The number of ether oxygens (including phenoxy) is 9. The minimum atomic E-state index is -0.446. The molecule has 87 heavy (non-hydrogen) atoms. The highest BCUT2D eigenvalue weighted by Gasteiger charge is 2.66. The van der Waals surface area contributed by atoms with E-state index >= 15 is 0 Å². The maximum Gasteiger partial charge on any atom is 0.338 e. The molecule has 13 nitrogen and oxygen atoms in total. The number of rotatable bonds is 38. The Hall–Kier alpha value is -6.50. The van der Waals surface area contributed by atoms with E-state index in [1.165, 1.54) is 30.2 Å². The van der Waals surface area contributed by atoms with E-state index in [9.17, 15) is 19.2 Å². The van der Waals surface area contributed by atoms with Crippen LogP contribution in [0.4, 0.5) is 0 Å². The molecule has 0 amide bonds. The van der Waals surface area contributed by atoms with Crippen LogP contribution in [0.15, 0.2) is 122 Å². The van der Waals surface area contributed by atoms with Gasteiger partial charge in [0.1, 0.15) is 47.1 Å². The lowest BCUT2D eigenvalue weighted by atomic mass is 9.45. The summed E-state index contributed by atoms with van der Waals surface area (Å²) in [6.07, 6.45) is 24.0. The zero-order chi connectivity index (χ0) is 62.2. The number of carbonyl (C=O) groups excluding carboxylic acids is 4. The van der Waals surface area contributed by atoms with Gasteiger partial charge in [-0.15, -0.1) is 0 Å². The summed E-state index contributed by atoms with van der Waals surface area (Å²) in [7, 11) is 0. The Morgan fingerprint density at radius 2 is 0.989 bits per heavy atom. The summed E-state index contributed by atoms with van der Waals surface area (Å²) in [4.78, 5) is 48.8. The molecule has 0 N–H and O–H groups in total. The monoisotopic (exact) mass is 1200 g/mol. The molecule has 13 heteroatoms. The average molecular weight is 1200 g/mol. The molecule has 3 fully saturated rings. The second kappa shape index (κ2) is 34.3. The van der Waals surface area contributed by atoms with Gasteiger partial charge in [0.25, 0.3) is 0 Å². The van der Waals surface area contributed by atoms with Gasteiger partial charge in [0.2, 0.25) is 0 Å². The average Bonchev–Trinajstić information content (AvgIpc) is 1.69. The first-order valence-electron chi connectivity index (χ1n) is 32.9. The molecule has 0 aromatic heterocycles. The Balaban J connectivity index is 1.08. The summed E-state index contributed by atoms with van der Waals surface area (Å²) in [5.41, 5.74) is 1.41. The first-order valence-corrected chi connectivity index (χ1v) is 32.9. The Labute approximate surface area is 520 Å². The van der Waals surface area contributed by atoms with Gasteiger partial charge in [0.15, 0.2) is 0 Å². The predicted molar refractivity (Wildman–Crippen MR) is 341 cm³/mol. The zero-order valence-electron chi connectivity index (χ0n) is 53.3. The molecule has 0 heterocycles. The summed E-state index contributed by atoms with van der Waals surface area (Å²) in [5.74, 6) is 5.10. The van der Waals surface area contributed by atoms with Crippen LogP contribution in [0.5, 0.6) is 28.7 Å². The second-order valence-electron chi connectivity index (χ2n) is 25.8. The second-order valence-corrected chi connectivity index (χ2v) is 25.8. The van der Waals surface area contributed by atoms with Gasteiger partial charge >= 0.3 is 23.9 Å². The van der Waals surface area contributed by atoms with Gasteiger partial charge < -0.3 is 42.6 Å². The number of esters is 4. The fourth-order valence-corrected chi connectivity index (χ4v) is 14.3. The Morgan fingerprint density at radius 1 is 0.540 bits per heavy atom. The molecule has 0 aliphatic heterocycles. The molecule has 0 radical (unpaired) electrons. The first kappa shape index (κ1) is 68.0. The van der Waals surface area contributed by atoms with Crippen molar-refractivity contribution < 1.29 is 61.8 Å². The van der Waals surface area contributed by atoms with Gasteiger partial charge in [-0.3, -0.25) is 0 Å². The SMILES string of the molecule is C=CC(=O)OCCCCCCOc1ccc(O[C@@H]2CCC3(C)C(=C[C@@H](OC(=O)c4ccc(OCCCCCCOC(=O)C=C)cc4)C4C3C[C@H](Oc3ccc(OCCCCCCOC(=O)C=C)cc3)C3(C)C(C(C)CCC(C)C(C)C)CCC43)C2)cc1. The maximum atomic E-state index is 14.7. The van der Waals surface area contributed by atoms with Crippen molar-refractivity contribution in [1.29, 1.82) is 0 Å². The number of hydrogen-bond donors (Lipinski definition) is 0. The van der Waals surface area contributed by atoms with Gasteiger partial charge in [-0.2, -0.15) is 0 Å². The molecular weight excluding hydrogens is 1100 g/mol. The van der Waals surface area contributed by atoms with Crippen molar-refractivity contribution in [3.8, 4) is 28.7 Å². The Kier molecular flexibility index (Phi) is 26.8. The van der Waals surface area contributed by atoms with Gasteiger partial charge in [-0.1, -0.05) is 79.7 Å². The molecule has 11 atom stereocenters. The molecule has 476 valence electrons. The van der Waals surface area contributed by atoms with Crippen molar-refractivity contribution in [1.82, 2.24) is 0 Å². The van der Waals surface area contributed by atoms with Crippen LogP contribution in [0.3, 0.4) is 0 Å². The molecule has 3 saturated carbocycles. The van der Waals surface area contributed by atoms with Crippen LogP contribution in [0.1, 0.15) is 180 Å². The van der Waals surface area contributed by atoms with Crippen LogP contribution >= 0.6 is 0 Å². The van der Waals surface area contributed by atoms with Crippen LogP contribution < -0.4 is 23.7 Å². The van der Waals surface area contributed by atoms with Crippen LogP contribution in [0.2, 0.25) is 0 Å². The highest BCUT2D eigenvalue weighted by atomic mass is 16.6. The molecule has 4 aliphatic rings. The highest BCUT2D eigenvalue weighted by Crippen LogP contribution is 2.68. The van der Waals surface area contributed by atoms with Crippen molar-refractivity contribution in [2.24, 2.45) is 52.3 Å². The molecule has 0 saturated heterocycles. The van der Waals surface area contributed by atoms with Gasteiger partial charge in [0.05, 0.1) is 45.2 Å². The molecule has 3 aromatic carbocycles. The lowest BCUT2D eigenvalue weighted by Crippen LogP contribution is -2.61. The first-order chi connectivity index (χ1) is 42.1. The third kappa shape index (κ3) is 19.5. The van der Waals surface area contributed by atoms with E-state index in [1.807, 2.05) is 60.7 Å². The maximum absolute atomic E-state index is 14.7. The van der Waals surface area contributed by atoms with Crippen molar-refractivity contribution >= 4 is 23.9 Å². The summed E-state index contributed by atoms with van der Waals surface area (Å²) in [6, 6.07) is 23.5. The van der Waals surface area contributed by atoms with E-state index in [-0.39, 0.29) is 58.7 Å². The smallest absolute Gasteiger partial charge is 0.338 e. The van der Waals surface area contributed by atoms with Crippen LogP contribution in [-0.2, 0) is 33.3 Å². The summed E-state index contributed by atoms with van der Waals surface area (Å²) in [5, 5.41) is 0. The van der Waals surface area contributed by atoms with Crippen molar-refractivity contribution in [2.75, 3.05) is 39.6 Å². The number of carbonyl (C=O) groups is 4. The van der Waals surface area contributed by atoms with E-state index < -0.39 is 12.1 Å². The number of unbranched alkanes of at least 4 members (excludes halogenated alkanes) is 9. The molecule has 3 aromatic rings. The largest absolute Gasteiger partial charge is 0.494 e. The van der Waals surface area contributed by atoms with Gasteiger partial charge in [0, 0.05) is 36.0 Å². The number of fused-ring (bicyclic) bond motifs is 5. The van der Waals surface area contributed by atoms with Gasteiger partial charge in [-0.25, -0.2) is 19.2 Å². The van der Waals surface area contributed by atoms with E-state index in [0.717, 1.165) is 145 Å². The van der Waals surface area contributed by atoms with Crippen molar-refractivity contribution in [2.45, 2.75) is 188 Å². The summed E-state index contributed by atoms with van der Waals surface area (Å²) in [6.45, 7) is 27.8. The van der Waals surface area contributed by atoms with Gasteiger partial charge in [-0.05, 0) is 229 Å². The number of benzene rings is 3. The molecule has 0 bridgehead atoms. The fraction of sp³-hybridized carbons (Fsp3) is 0.595. The standard InChI is InChI=1S/C74H102O13/c1-10-68(75)82-46-22-16-13-19-43-79-57-29-27-55(28-30-57)72(78)87-66-50-56-49-62(85-60-35-31-58(32-36-60)80-44-20-14-17-23-47-83-69(76)11-2)41-42-73(56,8)65-51-67(74(9)63(39-40-64(74)71(65)66)54(7)26-25-53(6)52(4)5)86-61-37-33-59(34-38-61)81-45-21-15-18-24-48-84-70(77)12-3/h10-12,27-38,50,52-54,62-67,71H,1-3,13-26,39-49,51H2,4-9H3/t53?,54?,62-,63?,64?,65?,66-,67+,71?,73?,74?/m1/s1. The number of hydrogen-bond acceptors (Lipinski definition) is 13. The highest BCUT2D eigenvalue weighted by molar-refractivity contribution is 5.89. The van der Waals surface area contributed by atoms with E-state index in [0.29, 0.717) is 74.6 Å². The molecular formula is C74H102O13. The zero-order valence-corrected chi connectivity index (χ0v) is 53.3. The summed E-state index contributed by atoms with van der Waals surface area (Å²) < 4.78 is 55.0. The predicted octanol–water partition coefficient (Wildman–Crippen LogP) is 16.6. The van der Waals surface area contributed by atoms with E-state index in [1.54, 1.807) is 0 Å². The van der Waals surface area contributed by atoms with Crippen molar-refractivity contribution in [3.63, 3.8) is 0 Å². The molecule has 4 aliphatic carbocycles. The molecule has 0 spiro atoms. The minimum Gasteiger partial charge on any atom is -0.494 e. The van der Waals surface area contributed by atoms with E-state index in [4.69, 9.17) is 42.6 Å². The normalized spacial score (nSPS) is 24.3. The van der Waals surface area contributed by atoms with Crippen LogP contribution in [0.25, 0.3) is 0 Å². The minimum absolute atomic E-state index is 0.0650.